The molecule has 0 fully saturated rings. The van der Waals surface area contributed by atoms with Crippen LogP contribution >= 0.6 is 0 Å². The van der Waals surface area contributed by atoms with Crippen LogP contribution in [0.5, 0.6) is 0 Å². The molecule has 1 atom stereocenters. The zero-order valence-electron chi connectivity index (χ0n) is 9.14. The minimum absolute atomic E-state index is 0.493. The average molecular weight is 204 g/mol. The molecule has 0 aliphatic carbocycles. The highest BCUT2D eigenvalue weighted by Gasteiger charge is 2.05. The number of aromatic nitrogens is 3. The van der Waals surface area contributed by atoms with Gasteiger partial charge in [0.05, 0.1) is 6.33 Å². The van der Waals surface area contributed by atoms with Gasteiger partial charge in [-0.3, -0.25) is 0 Å². The second kappa shape index (κ2) is 3.98. The second-order valence-corrected chi connectivity index (χ2v) is 4.09. The van der Waals surface area contributed by atoms with Crippen molar-refractivity contribution in [2.75, 3.05) is 6.54 Å². The van der Waals surface area contributed by atoms with Crippen LogP contribution in [0.1, 0.15) is 12.5 Å². The van der Waals surface area contributed by atoms with Crippen molar-refractivity contribution < 1.29 is 0 Å². The van der Waals surface area contributed by atoms with Crippen molar-refractivity contribution >= 4 is 11.2 Å². The fourth-order valence-electron chi connectivity index (χ4n) is 1.66. The molecule has 4 nitrogen and oxygen atoms in total. The molecule has 4 heteroatoms. The van der Waals surface area contributed by atoms with Crippen LogP contribution < -0.4 is 5.73 Å². The lowest BCUT2D eigenvalue weighted by atomic mass is 10.0. The first-order chi connectivity index (χ1) is 7.20. The van der Waals surface area contributed by atoms with E-state index in [1.54, 1.807) is 6.33 Å². The highest BCUT2D eigenvalue weighted by molar-refractivity contribution is 5.70. The molecule has 2 heterocycles. The molecule has 0 spiro atoms. The van der Waals surface area contributed by atoms with Gasteiger partial charge in [-0.2, -0.15) is 0 Å². The van der Waals surface area contributed by atoms with Crippen LogP contribution in [0.4, 0.5) is 0 Å². The molecule has 0 bridgehead atoms. The molecule has 2 N–H and O–H groups in total. The molecule has 0 saturated carbocycles. The topological polar surface area (TPSA) is 56.7 Å². The smallest absolute Gasteiger partial charge is 0.159 e. The molecule has 2 aromatic rings. The number of pyridine rings is 1. The van der Waals surface area contributed by atoms with Crippen molar-refractivity contribution in [2.45, 2.75) is 13.3 Å². The van der Waals surface area contributed by atoms with Gasteiger partial charge in [0, 0.05) is 13.2 Å². The number of rotatable bonds is 3. The van der Waals surface area contributed by atoms with Gasteiger partial charge in [-0.15, -0.1) is 0 Å². The summed E-state index contributed by atoms with van der Waals surface area (Å²) in [6.45, 7) is 2.85. The van der Waals surface area contributed by atoms with E-state index in [4.69, 9.17) is 5.73 Å². The lowest BCUT2D eigenvalue weighted by Crippen LogP contribution is -2.13. The van der Waals surface area contributed by atoms with Gasteiger partial charge in [0.15, 0.2) is 5.65 Å². The molecule has 0 aromatic carbocycles. The molecule has 2 rings (SSSR count). The summed E-state index contributed by atoms with van der Waals surface area (Å²) in [5.41, 5.74) is 8.69. The van der Waals surface area contributed by atoms with Crippen molar-refractivity contribution in [3.05, 3.63) is 24.2 Å². The zero-order chi connectivity index (χ0) is 10.8. The molecule has 0 saturated heterocycles. The van der Waals surface area contributed by atoms with E-state index in [2.05, 4.69) is 23.0 Å². The molecule has 15 heavy (non-hydrogen) atoms. The number of imidazole rings is 1. The van der Waals surface area contributed by atoms with E-state index in [0.29, 0.717) is 12.5 Å². The highest BCUT2D eigenvalue weighted by Crippen LogP contribution is 2.13. The molecular formula is C11H16N4. The van der Waals surface area contributed by atoms with E-state index in [1.165, 1.54) is 5.56 Å². The third-order valence-corrected chi connectivity index (χ3v) is 2.59. The first-order valence-corrected chi connectivity index (χ1v) is 5.16. The van der Waals surface area contributed by atoms with Gasteiger partial charge < -0.3 is 10.3 Å². The van der Waals surface area contributed by atoms with E-state index in [0.717, 1.165) is 17.6 Å². The van der Waals surface area contributed by atoms with E-state index in [1.807, 2.05) is 17.8 Å². The van der Waals surface area contributed by atoms with Gasteiger partial charge in [0.1, 0.15) is 5.52 Å². The molecule has 0 aliphatic heterocycles. The summed E-state index contributed by atoms with van der Waals surface area (Å²) in [6, 6.07) is 2.09. The SMILES string of the molecule is CC(CN)Cc1cnc2c(c1)ncn2C. The quantitative estimate of drug-likeness (QED) is 0.814. The van der Waals surface area contributed by atoms with Crippen LogP contribution in [0.2, 0.25) is 0 Å². The Balaban J connectivity index is 2.31. The Labute approximate surface area is 89.1 Å². The van der Waals surface area contributed by atoms with Crippen LogP contribution in [0.25, 0.3) is 11.2 Å². The molecule has 0 radical (unpaired) electrons. The minimum atomic E-state index is 0.493. The lowest BCUT2D eigenvalue weighted by Gasteiger charge is -2.07. The fourth-order valence-corrected chi connectivity index (χ4v) is 1.66. The Morgan fingerprint density at radius 3 is 3.00 bits per heavy atom. The third kappa shape index (κ3) is 1.99. The Hall–Kier alpha value is -1.42. The predicted octanol–water partition coefficient (Wildman–Crippen LogP) is 1.11. The Bertz CT molecular complexity index is 461. The maximum Gasteiger partial charge on any atom is 0.159 e. The van der Waals surface area contributed by atoms with Gasteiger partial charge in [-0.05, 0) is 30.5 Å². The molecule has 2 aromatic heterocycles. The van der Waals surface area contributed by atoms with Crippen molar-refractivity contribution in [3.8, 4) is 0 Å². The van der Waals surface area contributed by atoms with Gasteiger partial charge in [0.2, 0.25) is 0 Å². The Kier molecular flexibility index (Phi) is 2.68. The zero-order valence-corrected chi connectivity index (χ0v) is 9.14. The molecule has 80 valence electrons. The third-order valence-electron chi connectivity index (χ3n) is 2.59. The first-order valence-electron chi connectivity index (χ1n) is 5.16. The van der Waals surface area contributed by atoms with Gasteiger partial charge >= 0.3 is 0 Å². The fraction of sp³-hybridized carbons (Fsp3) is 0.455. The van der Waals surface area contributed by atoms with Crippen LogP contribution in [-0.4, -0.2) is 21.1 Å². The lowest BCUT2D eigenvalue weighted by molar-refractivity contribution is 0.592. The van der Waals surface area contributed by atoms with Gasteiger partial charge in [-0.25, -0.2) is 9.97 Å². The summed E-state index contributed by atoms with van der Waals surface area (Å²) in [7, 11) is 1.95. The Morgan fingerprint density at radius 1 is 1.47 bits per heavy atom. The van der Waals surface area contributed by atoms with E-state index >= 15 is 0 Å². The van der Waals surface area contributed by atoms with Crippen LogP contribution in [0.3, 0.4) is 0 Å². The second-order valence-electron chi connectivity index (χ2n) is 4.09. The number of fused-ring (bicyclic) bond motifs is 1. The summed E-state index contributed by atoms with van der Waals surface area (Å²) in [6.07, 6.45) is 4.67. The maximum atomic E-state index is 5.60. The number of hydrogen-bond donors (Lipinski definition) is 1. The molecule has 1 unspecified atom stereocenters. The van der Waals surface area contributed by atoms with E-state index in [-0.39, 0.29) is 0 Å². The summed E-state index contributed by atoms with van der Waals surface area (Å²) < 4.78 is 1.92. The van der Waals surface area contributed by atoms with Crippen LogP contribution in [-0.2, 0) is 13.5 Å². The van der Waals surface area contributed by atoms with E-state index in [9.17, 15) is 0 Å². The summed E-state index contributed by atoms with van der Waals surface area (Å²) in [5, 5.41) is 0. The van der Waals surface area contributed by atoms with Crippen molar-refractivity contribution in [2.24, 2.45) is 18.7 Å². The van der Waals surface area contributed by atoms with Crippen molar-refractivity contribution in [1.82, 2.24) is 14.5 Å². The predicted molar refractivity (Wildman–Crippen MR) is 60.4 cm³/mol. The van der Waals surface area contributed by atoms with Gasteiger partial charge in [0.25, 0.3) is 0 Å². The monoisotopic (exact) mass is 204 g/mol. The Morgan fingerprint density at radius 2 is 2.27 bits per heavy atom. The van der Waals surface area contributed by atoms with Crippen LogP contribution in [0, 0.1) is 5.92 Å². The maximum absolute atomic E-state index is 5.60. The number of hydrogen-bond acceptors (Lipinski definition) is 3. The van der Waals surface area contributed by atoms with Gasteiger partial charge in [-0.1, -0.05) is 6.92 Å². The summed E-state index contributed by atoms with van der Waals surface area (Å²) >= 11 is 0. The molecule has 0 aliphatic rings. The molecule has 0 amide bonds. The average Bonchev–Trinajstić information content (AvgIpc) is 2.60. The normalized spacial score (nSPS) is 13.3. The summed E-state index contributed by atoms with van der Waals surface area (Å²) in [5.74, 6) is 0.493. The molecular weight excluding hydrogens is 188 g/mol. The standard InChI is InChI=1S/C11H16N4/c1-8(5-12)3-9-4-10-11(13-6-9)15(2)7-14-10/h4,6-8H,3,5,12H2,1-2H3. The van der Waals surface area contributed by atoms with Crippen LogP contribution in [0.15, 0.2) is 18.6 Å². The highest BCUT2D eigenvalue weighted by atomic mass is 15.1. The first kappa shape index (κ1) is 10.1. The largest absolute Gasteiger partial charge is 0.330 e. The number of aryl methyl sites for hydroxylation is 1. The number of nitrogens with zero attached hydrogens (tertiary/aromatic N) is 3. The van der Waals surface area contributed by atoms with Crippen molar-refractivity contribution in [3.63, 3.8) is 0 Å². The van der Waals surface area contributed by atoms with Crippen molar-refractivity contribution in [1.29, 1.82) is 0 Å². The minimum Gasteiger partial charge on any atom is -0.330 e. The summed E-state index contributed by atoms with van der Waals surface area (Å²) in [4.78, 5) is 8.67. The number of nitrogens with two attached hydrogens (primary N) is 1. The van der Waals surface area contributed by atoms with E-state index < -0.39 is 0 Å².